The van der Waals surface area contributed by atoms with Crippen molar-refractivity contribution in [2.75, 3.05) is 20.3 Å². The van der Waals surface area contributed by atoms with Gasteiger partial charge in [0.25, 0.3) is 0 Å². The zero-order valence-corrected chi connectivity index (χ0v) is 15.3. The lowest BCUT2D eigenvalue weighted by atomic mass is 10.2. The highest BCUT2D eigenvalue weighted by atomic mass is 16.5. The molecule has 0 aliphatic heterocycles. The van der Waals surface area contributed by atoms with Gasteiger partial charge in [-0.05, 0) is 36.6 Å². The van der Waals surface area contributed by atoms with Gasteiger partial charge in [-0.2, -0.15) is 0 Å². The molecule has 0 saturated carbocycles. The molecule has 1 N–H and O–H groups in total. The number of rotatable bonds is 12. The van der Waals surface area contributed by atoms with E-state index in [9.17, 15) is 4.79 Å². The van der Waals surface area contributed by atoms with Crippen LogP contribution in [0.15, 0.2) is 24.3 Å². The molecule has 1 aromatic rings. The Kier molecular flexibility index (Phi) is 10.4. The van der Waals surface area contributed by atoms with E-state index in [1.54, 1.807) is 19.3 Å². The number of amides is 1. The average molecular weight is 333 g/mol. The molecule has 0 saturated heterocycles. The first-order valence-corrected chi connectivity index (χ1v) is 8.98. The van der Waals surface area contributed by atoms with Crippen molar-refractivity contribution in [3.05, 3.63) is 29.8 Å². The van der Waals surface area contributed by atoms with Crippen molar-refractivity contribution < 1.29 is 14.3 Å². The fraction of sp³-hybridized carbons (Fsp3) is 0.550. The Labute approximate surface area is 146 Å². The van der Waals surface area contributed by atoms with Gasteiger partial charge < -0.3 is 14.8 Å². The molecule has 0 bridgehead atoms. The molecule has 1 aromatic carbocycles. The molecule has 4 heteroatoms. The van der Waals surface area contributed by atoms with Crippen molar-refractivity contribution in [3.63, 3.8) is 0 Å². The van der Waals surface area contributed by atoms with Gasteiger partial charge in [0.1, 0.15) is 0 Å². The minimum absolute atomic E-state index is 0.0648. The van der Waals surface area contributed by atoms with Crippen molar-refractivity contribution in [2.24, 2.45) is 0 Å². The number of unbranched alkanes of at least 4 members (excludes halogenated alkanes) is 4. The lowest BCUT2D eigenvalue weighted by Crippen LogP contribution is -2.21. The largest absolute Gasteiger partial charge is 0.493 e. The third-order valence-corrected chi connectivity index (χ3v) is 3.70. The van der Waals surface area contributed by atoms with Gasteiger partial charge in [-0.1, -0.05) is 45.6 Å². The van der Waals surface area contributed by atoms with E-state index >= 15 is 0 Å². The van der Waals surface area contributed by atoms with E-state index in [4.69, 9.17) is 9.47 Å². The van der Waals surface area contributed by atoms with E-state index in [-0.39, 0.29) is 5.91 Å². The van der Waals surface area contributed by atoms with Crippen LogP contribution in [0.4, 0.5) is 0 Å². The number of carbonyl (C=O) groups is 1. The zero-order valence-electron chi connectivity index (χ0n) is 15.3. The third-order valence-electron chi connectivity index (χ3n) is 3.70. The molecule has 4 nitrogen and oxygen atoms in total. The van der Waals surface area contributed by atoms with E-state index in [1.165, 1.54) is 6.42 Å². The van der Waals surface area contributed by atoms with Crippen LogP contribution >= 0.6 is 0 Å². The molecule has 134 valence electrons. The number of hydrogen-bond donors (Lipinski definition) is 1. The maximum atomic E-state index is 11.7. The number of carbonyl (C=O) groups excluding carboxylic acids is 1. The van der Waals surface area contributed by atoms with E-state index < -0.39 is 0 Å². The van der Waals surface area contributed by atoms with Crippen molar-refractivity contribution in [3.8, 4) is 11.5 Å². The normalized spacial score (nSPS) is 10.8. The highest BCUT2D eigenvalue weighted by Gasteiger charge is 2.05. The summed E-state index contributed by atoms with van der Waals surface area (Å²) in [6.07, 6.45) is 10.0. The summed E-state index contributed by atoms with van der Waals surface area (Å²) in [7, 11) is 1.63. The molecular formula is C20H31NO3. The van der Waals surface area contributed by atoms with Gasteiger partial charge in [0.15, 0.2) is 11.5 Å². The lowest BCUT2D eigenvalue weighted by Gasteiger charge is -2.11. The monoisotopic (exact) mass is 333 g/mol. The van der Waals surface area contributed by atoms with Crippen LogP contribution in [0.2, 0.25) is 0 Å². The van der Waals surface area contributed by atoms with Crippen LogP contribution in [-0.2, 0) is 4.79 Å². The number of benzene rings is 1. The van der Waals surface area contributed by atoms with Gasteiger partial charge in [-0.25, -0.2) is 0 Å². The van der Waals surface area contributed by atoms with Crippen molar-refractivity contribution >= 4 is 12.0 Å². The zero-order chi connectivity index (χ0) is 17.6. The topological polar surface area (TPSA) is 47.6 Å². The van der Waals surface area contributed by atoms with Crippen LogP contribution in [0.3, 0.4) is 0 Å². The molecule has 1 rings (SSSR count). The predicted molar refractivity (Wildman–Crippen MR) is 99.6 cm³/mol. The summed E-state index contributed by atoms with van der Waals surface area (Å²) in [5, 5.41) is 2.89. The molecule has 0 heterocycles. The molecular weight excluding hydrogens is 302 g/mol. The Morgan fingerprint density at radius 1 is 1.08 bits per heavy atom. The Bertz CT molecular complexity index is 512. The minimum Gasteiger partial charge on any atom is -0.493 e. The second kappa shape index (κ2) is 12.5. The summed E-state index contributed by atoms with van der Waals surface area (Å²) in [4.78, 5) is 11.7. The van der Waals surface area contributed by atoms with E-state index in [0.29, 0.717) is 12.4 Å². The summed E-state index contributed by atoms with van der Waals surface area (Å²) in [6.45, 7) is 5.73. The maximum absolute atomic E-state index is 11.7. The van der Waals surface area contributed by atoms with Gasteiger partial charge in [-0.3, -0.25) is 4.79 Å². The van der Waals surface area contributed by atoms with E-state index in [2.05, 4.69) is 19.2 Å². The second-order valence-corrected chi connectivity index (χ2v) is 5.80. The van der Waals surface area contributed by atoms with Crippen LogP contribution in [-0.4, -0.2) is 26.2 Å². The second-order valence-electron chi connectivity index (χ2n) is 5.80. The molecule has 0 fully saturated rings. The van der Waals surface area contributed by atoms with Crippen LogP contribution in [0.25, 0.3) is 6.08 Å². The first-order valence-electron chi connectivity index (χ1n) is 8.98. The number of methoxy groups -OCH3 is 1. The standard InChI is InChI=1S/C20H31NO3/c1-4-6-8-14-21-20(22)13-11-17-10-12-18(19(16-17)23-3)24-15-9-7-5-2/h10-13,16H,4-9,14-15H2,1-3H3,(H,21,22)/b13-11+. The van der Waals surface area contributed by atoms with Crippen molar-refractivity contribution in [1.29, 1.82) is 0 Å². The molecule has 0 aromatic heterocycles. The van der Waals surface area contributed by atoms with E-state index in [1.807, 2.05) is 18.2 Å². The molecule has 0 radical (unpaired) electrons. The highest BCUT2D eigenvalue weighted by molar-refractivity contribution is 5.91. The summed E-state index contributed by atoms with van der Waals surface area (Å²) < 4.78 is 11.1. The quantitative estimate of drug-likeness (QED) is 0.450. The van der Waals surface area contributed by atoms with Crippen LogP contribution in [0, 0.1) is 0 Å². The smallest absolute Gasteiger partial charge is 0.243 e. The van der Waals surface area contributed by atoms with Crippen LogP contribution in [0.1, 0.15) is 57.9 Å². The third kappa shape index (κ3) is 8.04. The Hall–Kier alpha value is -1.97. The van der Waals surface area contributed by atoms with Gasteiger partial charge in [0.05, 0.1) is 13.7 Å². The highest BCUT2D eigenvalue weighted by Crippen LogP contribution is 2.28. The SMILES string of the molecule is CCCCCNC(=O)/C=C/c1ccc(OCCCCC)c(OC)c1. The molecule has 0 atom stereocenters. The average Bonchev–Trinajstić information content (AvgIpc) is 2.61. The maximum Gasteiger partial charge on any atom is 0.243 e. The molecule has 0 unspecified atom stereocenters. The number of hydrogen-bond acceptors (Lipinski definition) is 3. The first kappa shape index (κ1) is 20.1. The fourth-order valence-electron chi connectivity index (χ4n) is 2.26. The molecule has 24 heavy (non-hydrogen) atoms. The number of nitrogens with one attached hydrogen (secondary N) is 1. The molecule has 0 aliphatic carbocycles. The van der Waals surface area contributed by atoms with Gasteiger partial charge in [0, 0.05) is 12.6 Å². The molecule has 0 spiro atoms. The molecule has 0 aliphatic rings. The summed E-state index contributed by atoms with van der Waals surface area (Å²) >= 11 is 0. The van der Waals surface area contributed by atoms with E-state index in [0.717, 1.165) is 50.0 Å². The van der Waals surface area contributed by atoms with Crippen molar-refractivity contribution in [1.82, 2.24) is 5.32 Å². The molecule has 1 amide bonds. The summed E-state index contributed by atoms with van der Waals surface area (Å²) in [5.41, 5.74) is 0.913. The Morgan fingerprint density at radius 2 is 1.83 bits per heavy atom. The first-order chi connectivity index (χ1) is 11.7. The predicted octanol–water partition coefficient (Wildman–Crippen LogP) is 4.58. The van der Waals surface area contributed by atoms with Crippen LogP contribution in [0.5, 0.6) is 11.5 Å². The van der Waals surface area contributed by atoms with Gasteiger partial charge in [0.2, 0.25) is 5.91 Å². The van der Waals surface area contributed by atoms with Gasteiger partial charge >= 0.3 is 0 Å². The Balaban J connectivity index is 2.53. The summed E-state index contributed by atoms with van der Waals surface area (Å²) in [6, 6.07) is 5.71. The fourth-order valence-corrected chi connectivity index (χ4v) is 2.26. The lowest BCUT2D eigenvalue weighted by molar-refractivity contribution is -0.116. The Morgan fingerprint density at radius 3 is 2.54 bits per heavy atom. The summed E-state index contributed by atoms with van der Waals surface area (Å²) in [5.74, 6) is 1.37. The minimum atomic E-state index is -0.0648. The number of ether oxygens (including phenoxy) is 2. The van der Waals surface area contributed by atoms with Crippen molar-refractivity contribution in [2.45, 2.75) is 52.4 Å². The van der Waals surface area contributed by atoms with Crippen LogP contribution < -0.4 is 14.8 Å². The van der Waals surface area contributed by atoms with Gasteiger partial charge in [-0.15, -0.1) is 0 Å².